The summed E-state index contributed by atoms with van der Waals surface area (Å²) in [6.45, 7) is -4.62. The highest BCUT2D eigenvalue weighted by Gasteiger charge is 2.61. The molecule has 0 aromatic carbocycles. The van der Waals surface area contributed by atoms with E-state index in [1.54, 1.807) is 0 Å². The van der Waals surface area contributed by atoms with Crippen LogP contribution in [0.3, 0.4) is 0 Å². The fourth-order valence-corrected chi connectivity index (χ4v) is 13.2. The van der Waals surface area contributed by atoms with Crippen molar-refractivity contribution in [2.24, 2.45) is 0 Å². The molecule has 8 fully saturated rings. The van der Waals surface area contributed by atoms with Crippen molar-refractivity contribution in [3.63, 3.8) is 0 Å². The summed E-state index contributed by atoms with van der Waals surface area (Å²) in [5, 5.41) is 253. The molecule has 46 nitrogen and oxygen atoms in total. The van der Waals surface area contributed by atoms with E-state index in [-0.39, 0.29) is 6.41 Å². The third-order valence-electron chi connectivity index (χ3n) is 18.8. The van der Waals surface area contributed by atoms with Crippen LogP contribution in [-0.2, 0) is 95.0 Å². The number of rotatable bonds is 30. The van der Waals surface area contributed by atoms with E-state index in [2.05, 4.69) is 21.3 Å². The standard InChI is InChI=1S/C58H98N4O42/c1-15-30(75)38(83)40(85)55(90-15)104-50-49(103-53-29(62-18(4)74)46(32(77)21(7-65)92-53)100-57-43(88)48(34(79)23(9-67)94-57)101-51-27(60-16(2)72)36(81)31(76)20(6-64)91-51)35(80)24(10-68)95-58(50)99-44-25(11-69)96-52(28(37(44)82)61-17(3)73)102-47-33(78)22(8-66)93-56(42(47)87)98-45-26(12-70)97-54(41(86)39(45)84)89-13-19(5-63)59-14-71/h14-15,19-58,63-70,75-88H,5-13H2,1-4H3,(H,59,71)(H,60,72)(H,61,73)(H,62,74)/t15-,19+,20+,21+,22+,23+,24+,25+,26+,27+,28+,29+,30+,31-,32-,33-,34-,35-,36+,37+,38+,39+,40-,41+,42+,43+,44+,45+,46+,47-,48-,49-,50+,51+,52-,53+,54+,55-,56-,57-,58-/m0/s1. The van der Waals surface area contributed by atoms with E-state index in [1.165, 1.54) is 6.92 Å². The first-order valence-corrected chi connectivity index (χ1v) is 33.2. The van der Waals surface area contributed by atoms with Gasteiger partial charge in [0.2, 0.25) is 24.1 Å². The van der Waals surface area contributed by atoms with Crippen LogP contribution in [0.15, 0.2) is 0 Å². The van der Waals surface area contributed by atoms with Crippen molar-refractivity contribution in [2.45, 2.75) is 279 Å². The first-order valence-electron chi connectivity index (χ1n) is 33.2. The predicted molar refractivity (Wildman–Crippen MR) is 322 cm³/mol. The zero-order chi connectivity index (χ0) is 76.6. The van der Waals surface area contributed by atoms with Crippen molar-refractivity contribution in [3.05, 3.63) is 0 Å². The molecule has 104 heavy (non-hydrogen) atoms. The van der Waals surface area contributed by atoms with Gasteiger partial charge < -0.3 is 209 Å². The van der Waals surface area contributed by atoms with Crippen LogP contribution in [0.25, 0.3) is 0 Å². The lowest BCUT2D eigenvalue weighted by molar-refractivity contribution is -0.405. The van der Waals surface area contributed by atoms with Gasteiger partial charge in [-0.05, 0) is 6.92 Å². The Morgan fingerprint density at radius 1 is 0.327 bits per heavy atom. The summed E-state index contributed by atoms with van der Waals surface area (Å²) in [6.07, 6.45) is -74.6. The van der Waals surface area contributed by atoms with Crippen molar-refractivity contribution >= 4 is 24.1 Å². The third-order valence-corrected chi connectivity index (χ3v) is 18.8. The molecule has 8 aliphatic rings. The zero-order valence-corrected chi connectivity index (χ0v) is 56.1. The molecule has 0 radical (unpaired) electrons. The van der Waals surface area contributed by atoms with Crippen LogP contribution in [0.1, 0.15) is 27.7 Å². The largest absolute Gasteiger partial charge is 0.394 e. The fraction of sp³-hybridized carbons (Fsp3) is 0.931. The molecule has 0 aromatic rings. The average Bonchev–Trinajstić information content (AvgIpc) is 0.760. The summed E-state index contributed by atoms with van der Waals surface area (Å²) < 4.78 is 94.9. The Labute approximate surface area is 590 Å². The van der Waals surface area contributed by atoms with E-state index in [0.717, 1.165) is 20.8 Å². The van der Waals surface area contributed by atoms with Crippen molar-refractivity contribution in [1.29, 1.82) is 0 Å². The van der Waals surface area contributed by atoms with Crippen molar-refractivity contribution in [3.8, 4) is 0 Å². The topological polar surface area (TPSA) is 709 Å². The summed E-state index contributed by atoms with van der Waals surface area (Å²) >= 11 is 0. The Morgan fingerprint density at radius 2 is 0.663 bits per heavy atom. The average molecular weight is 1520 g/mol. The van der Waals surface area contributed by atoms with Gasteiger partial charge in [0.1, 0.15) is 189 Å². The molecular formula is C58H98N4O42. The number of hydrogen-bond donors (Lipinski definition) is 26. The maximum Gasteiger partial charge on any atom is 0.217 e. The van der Waals surface area contributed by atoms with Gasteiger partial charge in [-0.2, -0.15) is 0 Å². The summed E-state index contributed by atoms with van der Waals surface area (Å²) in [6, 6.07) is -6.65. The molecule has 0 aliphatic carbocycles. The molecular weight excluding hydrogens is 1420 g/mol. The first-order chi connectivity index (χ1) is 49.3. The van der Waals surface area contributed by atoms with Crippen LogP contribution in [0, 0.1) is 0 Å². The molecule has 41 atom stereocenters. The van der Waals surface area contributed by atoms with Crippen LogP contribution in [-0.4, -0.2) is 447 Å². The molecule has 0 unspecified atom stereocenters. The smallest absolute Gasteiger partial charge is 0.217 e. The van der Waals surface area contributed by atoms with Gasteiger partial charge in [-0.15, -0.1) is 0 Å². The Hall–Kier alpha value is -3.64. The van der Waals surface area contributed by atoms with Gasteiger partial charge in [0, 0.05) is 20.8 Å². The predicted octanol–water partition coefficient (Wildman–Crippen LogP) is -17.9. The molecule has 26 N–H and O–H groups in total. The lowest BCUT2D eigenvalue weighted by atomic mass is 9.93. The second-order valence-corrected chi connectivity index (χ2v) is 26.0. The summed E-state index contributed by atoms with van der Waals surface area (Å²) in [4.78, 5) is 49.6. The van der Waals surface area contributed by atoms with Crippen molar-refractivity contribution in [2.75, 3.05) is 59.5 Å². The normalized spacial score (nSPS) is 47.6. The molecule has 8 rings (SSSR count). The minimum Gasteiger partial charge on any atom is -0.394 e. The molecule has 0 bridgehead atoms. The Kier molecular flexibility index (Phi) is 31.7. The molecule has 8 heterocycles. The fourth-order valence-electron chi connectivity index (χ4n) is 13.2. The number of aliphatic hydroxyl groups excluding tert-OH is 22. The Balaban J connectivity index is 1.09. The first kappa shape index (κ1) is 86.0. The minimum absolute atomic E-state index is 0.256. The number of carbonyl (C=O) groups is 4. The lowest BCUT2D eigenvalue weighted by Gasteiger charge is -2.52. The van der Waals surface area contributed by atoms with E-state index in [9.17, 15) is 132 Å². The molecule has 4 amide bonds. The van der Waals surface area contributed by atoms with E-state index in [0.29, 0.717) is 0 Å². The van der Waals surface area contributed by atoms with Crippen LogP contribution in [0.5, 0.6) is 0 Å². The SMILES string of the molecule is CC(=O)N[C@H]1[C@H](O[C@H]2[C@@H](O)[C@@H](CO)O[C@@H](O[C@H]3[C@H](O)[C@@H](O)[C@H](OC[C@@H](CO)NC=O)O[C@@H]3CO)[C@@H]2O)O[C@H](CO)[C@@H](O[C@@H]2O[C@H](CO)[C@H](O)[C@H](O[C@H]3O[C@H](CO)[C@H](O)[C@H](O[C@@H]4O[C@H](CO)[C@H](O)[C@H](O[C@H]5O[C@H](CO)[C@H](O)[C@H](O)[C@H]5NC(C)=O)[C@H]4O)[C@H]3NC(C)=O)[C@H]2O[C@@H]2O[C@@H](C)[C@@H](O)[C@@H](O)[C@@H]2O)[C@@H]1O. The van der Waals surface area contributed by atoms with Crippen molar-refractivity contribution < 1.29 is 207 Å². The van der Waals surface area contributed by atoms with Gasteiger partial charge in [0.15, 0.2) is 50.3 Å². The number of ether oxygens (including phenoxy) is 16. The Bertz CT molecular complexity index is 2680. The summed E-state index contributed by atoms with van der Waals surface area (Å²) in [5.74, 6) is -2.75. The molecule has 0 aromatic heterocycles. The van der Waals surface area contributed by atoms with Gasteiger partial charge in [-0.25, -0.2) is 0 Å². The number of hydrogen-bond acceptors (Lipinski definition) is 42. The number of aliphatic hydroxyl groups is 22. The highest BCUT2D eigenvalue weighted by atomic mass is 16.8. The van der Waals surface area contributed by atoms with Gasteiger partial charge in [0.25, 0.3) is 0 Å². The number of nitrogens with one attached hydrogen (secondary N) is 4. The molecule has 602 valence electrons. The maximum absolute atomic E-state index is 13.3. The monoisotopic (exact) mass is 1520 g/mol. The highest BCUT2D eigenvalue weighted by molar-refractivity contribution is 5.74. The zero-order valence-electron chi connectivity index (χ0n) is 56.1. The molecule has 46 heteroatoms. The van der Waals surface area contributed by atoms with Crippen LogP contribution >= 0.6 is 0 Å². The number of amides is 4. The van der Waals surface area contributed by atoms with E-state index < -0.39 is 329 Å². The quantitative estimate of drug-likeness (QED) is 0.0297. The van der Waals surface area contributed by atoms with E-state index in [1.807, 2.05) is 0 Å². The second-order valence-electron chi connectivity index (χ2n) is 26.0. The van der Waals surface area contributed by atoms with Gasteiger partial charge >= 0.3 is 0 Å². The van der Waals surface area contributed by atoms with Crippen LogP contribution < -0.4 is 21.3 Å². The Morgan fingerprint density at radius 3 is 1.13 bits per heavy atom. The summed E-state index contributed by atoms with van der Waals surface area (Å²) in [5.41, 5.74) is 0. The number of carbonyl (C=O) groups excluding carboxylic acids is 4. The molecule has 0 saturated carbocycles. The minimum atomic E-state index is -2.32. The van der Waals surface area contributed by atoms with Crippen LogP contribution in [0.4, 0.5) is 0 Å². The molecule has 0 spiro atoms. The third kappa shape index (κ3) is 19.2. The van der Waals surface area contributed by atoms with Gasteiger partial charge in [-0.3, -0.25) is 19.2 Å². The highest BCUT2D eigenvalue weighted by Crippen LogP contribution is 2.40. The second kappa shape index (κ2) is 38.3. The van der Waals surface area contributed by atoms with Gasteiger partial charge in [-0.1, -0.05) is 0 Å². The molecule has 8 aliphatic heterocycles. The lowest BCUT2D eigenvalue weighted by Crippen LogP contribution is -2.71. The van der Waals surface area contributed by atoms with E-state index >= 15 is 0 Å². The maximum atomic E-state index is 13.3. The molecule has 8 saturated heterocycles. The van der Waals surface area contributed by atoms with Crippen LogP contribution in [0.2, 0.25) is 0 Å². The van der Waals surface area contributed by atoms with Gasteiger partial charge in [0.05, 0.1) is 71.6 Å². The van der Waals surface area contributed by atoms with E-state index in [4.69, 9.17) is 75.8 Å². The van der Waals surface area contributed by atoms with Crippen molar-refractivity contribution in [1.82, 2.24) is 21.3 Å². The summed E-state index contributed by atoms with van der Waals surface area (Å²) in [7, 11) is 0.